The Labute approximate surface area is 145 Å². The van der Waals surface area contributed by atoms with E-state index in [4.69, 9.17) is 4.74 Å². The molecule has 25 heavy (non-hydrogen) atoms. The Balaban J connectivity index is 1.64. The van der Waals surface area contributed by atoms with Crippen LogP contribution in [0.3, 0.4) is 0 Å². The number of hydrogen-bond donors (Lipinski definition) is 1. The number of carbonyl (C=O) groups is 1. The lowest BCUT2D eigenvalue weighted by Crippen LogP contribution is -2.37. The Morgan fingerprint density at radius 2 is 2.04 bits per heavy atom. The van der Waals surface area contributed by atoms with Crippen molar-refractivity contribution in [1.82, 2.24) is 14.9 Å². The lowest BCUT2D eigenvalue weighted by molar-refractivity contribution is 0.0741. The molecule has 2 saturated heterocycles. The normalized spacial score (nSPS) is 22.7. The number of amides is 1. The highest BCUT2D eigenvalue weighted by Crippen LogP contribution is 2.35. The number of aryl methyl sites for hydroxylation is 1. The summed E-state index contributed by atoms with van der Waals surface area (Å²) in [6.07, 6.45) is 0.508. The van der Waals surface area contributed by atoms with Crippen LogP contribution in [0, 0.1) is 6.92 Å². The summed E-state index contributed by atoms with van der Waals surface area (Å²) in [6, 6.07) is 8.96. The van der Waals surface area contributed by atoms with Crippen molar-refractivity contribution in [3.05, 3.63) is 36.0 Å². The van der Waals surface area contributed by atoms with Gasteiger partial charge >= 0.3 is 6.09 Å². The number of aromatic nitrogens is 2. The predicted molar refractivity (Wildman–Crippen MR) is 92.5 cm³/mol. The van der Waals surface area contributed by atoms with Gasteiger partial charge in [-0.15, -0.1) is 0 Å². The first-order chi connectivity index (χ1) is 12.0. The summed E-state index contributed by atoms with van der Waals surface area (Å²) in [5.74, 6) is 1.44. The minimum absolute atomic E-state index is 0.156. The molecule has 2 aliphatic rings. The van der Waals surface area contributed by atoms with Crippen molar-refractivity contribution in [2.45, 2.75) is 18.9 Å². The van der Waals surface area contributed by atoms with Crippen molar-refractivity contribution in [3.8, 4) is 17.1 Å². The van der Waals surface area contributed by atoms with Gasteiger partial charge in [-0.2, -0.15) is 0 Å². The average molecular weight is 340 g/mol. The van der Waals surface area contributed by atoms with E-state index in [1.165, 1.54) is 0 Å². The van der Waals surface area contributed by atoms with Crippen molar-refractivity contribution in [2.24, 2.45) is 0 Å². The lowest BCUT2D eigenvalue weighted by Gasteiger charge is -2.22. The van der Waals surface area contributed by atoms with Crippen LogP contribution >= 0.6 is 0 Å². The van der Waals surface area contributed by atoms with E-state index in [0.29, 0.717) is 24.5 Å². The Kier molecular flexibility index (Phi) is 3.52. The minimum atomic E-state index is -0.459. The highest BCUT2D eigenvalue weighted by molar-refractivity contribution is 5.71. The molecule has 0 bridgehead atoms. The van der Waals surface area contributed by atoms with Crippen molar-refractivity contribution < 1.29 is 14.6 Å². The molecule has 2 aromatic rings. The molecule has 1 atom stereocenters. The number of carbonyl (C=O) groups excluding carboxylic acids is 1. The summed E-state index contributed by atoms with van der Waals surface area (Å²) < 4.78 is 5.60. The second kappa shape index (κ2) is 5.61. The van der Waals surface area contributed by atoms with E-state index in [9.17, 15) is 9.90 Å². The van der Waals surface area contributed by atoms with Crippen LogP contribution in [0.1, 0.15) is 12.1 Å². The Hall–Kier alpha value is -2.83. The van der Waals surface area contributed by atoms with Crippen molar-refractivity contribution >= 4 is 11.9 Å². The fourth-order valence-electron chi connectivity index (χ4n) is 3.54. The first-order valence-corrected chi connectivity index (χ1v) is 8.29. The minimum Gasteiger partial charge on any atom is -0.507 e. The molecule has 4 rings (SSSR count). The Morgan fingerprint density at radius 1 is 1.24 bits per heavy atom. The van der Waals surface area contributed by atoms with E-state index in [1.54, 1.807) is 30.1 Å². The average Bonchev–Trinajstić information content (AvgIpc) is 3.10. The van der Waals surface area contributed by atoms with Gasteiger partial charge in [-0.25, -0.2) is 14.8 Å². The topological polar surface area (TPSA) is 78.8 Å². The van der Waals surface area contributed by atoms with Crippen LogP contribution in [0.2, 0.25) is 0 Å². The number of ether oxygens (including phenoxy) is 1. The number of para-hydroxylation sites is 1. The second-order valence-electron chi connectivity index (χ2n) is 6.79. The SMILES string of the molecule is Cc1cc(N2CC[C@@]3(CN(C)C(=O)O3)C2)nc(-c2ccccc2O)n1. The number of phenolic OH excluding ortho intramolecular Hbond substituents is 1. The molecule has 1 N–H and O–H groups in total. The molecule has 1 aromatic heterocycles. The van der Waals surface area contributed by atoms with Crippen LogP contribution in [0.25, 0.3) is 11.4 Å². The van der Waals surface area contributed by atoms with Gasteiger partial charge in [0.15, 0.2) is 11.4 Å². The zero-order valence-electron chi connectivity index (χ0n) is 14.3. The zero-order valence-corrected chi connectivity index (χ0v) is 14.3. The van der Waals surface area contributed by atoms with Crippen LogP contribution in [0.15, 0.2) is 30.3 Å². The summed E-state index contributed by atoms with van der Waals surface area (Å²) in [5.41, 5.74) is 0.970. The van der Waals surface area contributed by atoms with Gasteiger partial charge in [0.25, 0.3) is 0 Å². The van der Waals surface area contributed by atoms with E-state index in [2.05, 4.69) is 14.9 Å². The molecule has 1 spiro atoms. The van der Waals surface area contributed by atoms with E-state index in [0.717, 1.165) is 24.5 Å². The summed E-state index contributed by atoms with van der Waals surface area (Å²) in [7, 11) is 1.75. The van der Waals surface area contributed by atoms with E-state index in [-0.39, 0.29) is 11.8 Å². The molecule has 3 heterocycles. The Morgan fingerprint density at radius 3 is 2.76 bits per heavy atom. The highest BCUT2D eigenvalue weighted by Gasteiger charge is 2.48. The number of phenols is 1. The quantitative estimate of drug-likeness (QED) is 0.903. The summed E-state index contributed by atoms with van der Waals surface area (Å²) in [6.45, 7) is 3.88. The third-order valence-electron chi connectivity index (χ3n) is 4.77. The molecule has 1 amide bonds. The number of aromatic hydroxyl groups is 1. The maximum Gasteiger partial charge on any atom is 0.410 e. The highest BCUT2D eigenvalue weighted by atomic mass is 16.6. The van der Waals surface area contributed by atoms with Gasteiger partial charge < -0.3 is 19.6 Å². The van der Waals surface area contributed by atoms with Gasteiger partial charge in [-0.3, -0.25) is 0 Å². The fourth-order valence-corrected chi connectivity index (χ4v) is 3.54. The molecule has 2 fully saturated rings. The van der Waals surface area contributed by atoms with Crippen LogP contribution in [0.5, 0.6) is 5.75 Å². The molecular weight excluding hydrogens is 320 g/mol. The molecule has 0 unspecified atom stereocenters. The number of likely N-dealkylation sites (N-methyl/N-ethyl adjacent to an activating group) is 1. The maximum atomic E-state index is 11.7. The number of rotatable bonds is 2. The first kappa shape index (κ1) is 15.7. The van der Waals surface area contributed by atoms with Crippen LogP contribution < -0.4 is 4.90 Å². The molecule has 7 nitrogen and oxygen atoms in total. The predicted octanol–water partition coefficient (Wildman–Crippen LogP) is 2.19. The zero-order chi connectivity index (χ0) is 17.6. The van der Waals surface area contributed by atoms with Gasteiger partial charge in [0.2, 0.25) is 0 Å². The number of hydrogen-bond acceptors (Lipinski definition) is 6. The van der Waals surface area contributed by atoms with Crippen LogP contribution in [0.4, 0.5) is 10.6 Å². The van der Waals surface area contributed by atoms with Gasteiger partial charge in [0.05, 0.1) is 18.7 Å². The molecule has 0 aliphatic carbocycles. The summed E-state index contributed by atoms with van der Waals surface area (Å²) in [5, 5.41) is 10.1. The lowest BCUT2D eigenvalue weighted by atomic mass is 10.0. The van der Waals surface area contributed by atoms with Gasteiger partial charge in [0, 0.05) is 31.8 Å². The van der Waals surface area contributed by atoms with E-state index in [1.807, 2.05) is 19.1 Å². The van der Waals surface area contributed by atoms with Gasteiger partial charge in [-0.1, -0.05) is 12.1 Å². The molecule has 7 heteroatoms. The largest absolute Gasteiger partial charge is 0.507 e. The molecule has 0 radical (unpaired) electrons. The summed E-state index contributed by atoms with van der Waals surface area (Å²) in [4.78, 5) is 24.6. The van der Waals surface area contributed by atoms with Gasteiger partial charge in [0.1, 0.15) is 11.6 Å². The number of anilines is 1. The Bertz CT molecular complexity index is 841. The van der Waals surface area contributed by atoms with Gasteiger partial charge in [-0.05, 0) is 19.1 Å². The third kappa shape index (κ3) is 2.75. The van der Waals surface area contributed by atoms with E-state index >= 15 is 0 Å². The monoisotopic (exact) mass is 340 g/mol. The standard InChI is InChI=1S/C18H20N4O3/c1-12-9-15(20-16(19-12)13-5-3-4-6-14(13)23)22-8-7-18(11-22)10-21(2)17(24)25-18/h3-6,9,23H,7-8,10-11H2,1-2H3/t18-/m1/s1. The fraction of sp³-hybridized carbons (Fsp3) is 0.389. The molecule has 130 valence electrons. The van der Waals surface area contributed by atoms with E-state index < -0.39 is 5.60 Å². The maximum absolute atomic E-state index is 11.7. The molecule has 1 aromatic carbocycles. The van der Waals surface area contributed by atoms with Crippen molar-refractivity contribution in [3.63, 3.8) is 0 Å². The number of benzene rings is 1. The smallest absolute Gasteiger partial charge is 0.410 e. The van der Waals surface area contributed by atoms with Crippen molar-refractivity contribution in [1.29, 1.82) is 0 Å². The van der Waals surface area contributed by atoms with Crippen molar-refractivity contribution in [2.75, 3.05) is 31.6 Å². The second-order valence-corrected chi connectivity index (χ2v) is 6.79. The summed E-state index contributed by atoms with van der Waals surface area (Å²) >= 11 is 0. The third-order valence-corrected chi connectivity index (χ3v) is 4.77. The molecule has 0 saturated carbocycles. The number of nitrogens with zero attached hydrogens (tertiary/aromatic N) is 4. The molecule has 2 aliphatic heterocycles. The van der Waals surface area contributed by atoms with Crippen LogP contribution in [-0.4, -0.2) is 58.4 Å². The molecular formula is C18H20N4O3. The van der Waals surface area contributed by atoms with Crippen LogP contribution in [-0.2, 0) is 4.74 Å². The first-order valence-electron chi connectivity index (χ1n) is 8.29.